The second-order valence-electron chi connectivity index (χ2n) is 29.6. The Morgan fingerprint density at radius 2 is 0.427 bits per heavy atom. The average Bonchev–Trinajstić information content (AvgIpc) is 0.904. The Morgan fingerprint density at radius 3 is 0.675 bits per heavy atom. The fraction of sp³-hybridized carbons (Fsp3) is 0.626. The van der Waals surface area contributed by atoms with Crippen LogP contribution in [0.5, 0.6) is 0 Å². The zero-order valence-corrected chi connectivity index (χ0v) is 74.8. The van der Waals surface area contributed by atoms with Crippen LogP contribution in [0, 0.1) is 0 Å². The van der Waals surface area contributed by atoms with Crippen LogP contribution >= 0.6 is 15.6 Å². The number of allylic oxidation sites excluding steroid dienone is 34. The maximum Gasteiger partial charge on any atom is 0.472 e. The van der Waals surface area contributed by atoms with Crippen LogP contribution in [-0.2, 0) is 55.8 Å². The Kier molecular flexibility index (Phi) is 84.9. The molecule has 0 saturated heterocycles. The van der Waals surface area contributed by atoms with Gasteiger partial charge in [-0.3, -0.25) is 32.5 Å². The molecule has 5 atom stereocenters. The predicted molar refractivity (Wildman–Crippen MR) is 491 cm³/mol. The number of aliphatic hydroxyl groups excluding tert-OH is 2. The van der Waals surface area contributed by atoms with E-state index in [-0.39, 0.29) is 19.3 Å². The number of aliphatic hydroxyl groups is 2. The van der Waals surface area contributed by atoms with E-state index in [1.165, 1.54) is 57.8 Å². The van der Waals surface area contributed by atoms with Crippen molar-refractivity contribution in [3.05, 3.63) is 207 Å². The second-order valence-corrected chi connectivity index (χ2v) is 32.5. The van der Waals surface area contributed by atoms with Crippen LogP contribution in [-0.4, -0.2) is 95.9 Å². The van der Waals surface area contributed by atoms with Gasteiger partial charge in [-0.15, -0.1) is 0 Å². The highest BCUT2D eigenvalue weighted by atomic mass is 31.2. The lowest BCUT2D eigenvalue weighted by Gasteiger charge is -2.21. The van der Waals surface area contributed by atoms with Crippen LogP contribution in [0.2, 0.25) is 0 Å². The minimum atomic E-state index is -4.95. The summed E-state index contributed by atoms with van der Waals surface area (Å²) in [5.74, 6) is -1.60. The highest BCUT2D eigenvalue weighted by Crippen LogP contribution is 2.45. The van der Waals surface area contributed by atoms with E-state index in [0.717, 1.165) is 225 Å². The minimum Gasteiger partial charge on any atom is -0.463 e. The Balaban J connectivity index is 4.70. The number of phosphoric acid groups is 2. The molecule has 0 aliphatic heterocycles. The summed E-state index contributed by atoms with van der Waals surface area (Å²) in [5.41, 5.74) is 0. The van der Waals surface area contributed by atoms with Gasteiger partial charge in [-0.05, 0) is 167 Å². The number of rotatable bonds is 84. The van der Waals surface area contributed by atoms with Crippen molar-refractivity contribution in [2.24, 2.45) is 0 Å². The Labute approximate surface area is 711 Å². The summed E-state index contributed by atoms with van der Waals surface area (Å²) in [5, 5.41) is 20.7. The SMILES string of the molecule is CC/C=C\C/C=C\C/C=C\C/C=C\C/C=C\C/C=C\CCCCCCCCCCCCC(=O)OCC(O)COP(=O)(O)OCC(O)COP(=O)(O)OCC(COC(=O)CCCCCCCCCC/C=C\C/C=C\C/C=C\C/C=C\C/C=C\C/C=C\CC)OC(=O)CCCCCCCCCCC/C=C\C/C=C\C/C=C\C/C=C\C/C=C\CC. The third-order valence-corrected chi connectivity index (χ3v) is 20.4. The van der Waals surface area contributed by atoms with Crippen LogP contribution in [0.15, 0.2) is 207 Å². The van der Waals surface area contributed by atoms with Crippen LogP contribution in [0.25, 0.3) is 0 Å². The summed E-state index contributed by atoms with van der Waals surface area (Å²) in [6.45, 7) is 2.33. The van der Waals surface area contributed by atoms with Crippen molar-refractivity contribution in [3.63, 3.8) is 0 Å². The summed E-state index contributed by atoms with van der Waals surface area (Å²) < 4.78 is 61.5. The predicted octanol–water partition coefficient (Wildman–Crippen LogP) is 28.0. The van der Waals surface area contributed by atoms with E-state index in [0.29, 0.717) is 19.3 Å². The summed E-state index contributed by atoms with van der Waals surface area (Å²) in [6.07, 6.45) is 120. The molecule has 0 rings (SSSR count). The van der Waals surface area contributed by atoms with Crippen molar-refractivity contribution in [3.8, 4) is 0 Å². The standard InChI is InChI=1S/C99H162O16P2/c1-4-7-10-13-16-19-22-25-28-31-34-37-40-43-45-46-48-51-52-55-58-61-64-67-70-73-76-79-82-85-97(102)109-88-94(100)89-111-116(105,106)112-90-95(101)91-113-117(107,108)114-93-96(115-99(104)87-84-81-78-75-72-69-66-63-60-57-54-49-42-39-36-33-30-27-24-21-18-15-12-9-6-3)92-110-98(103)86-83-80-77-74-71-68-65-62-59-56-53-50-47-44-41-38-35-32-29-26-23-20-17-14-11-8-5-2/h7-12,16-21,25-30,34-39,43-45,47-49,51,53-54,56,94-96,100-101H,4-6,13-15,22-24,31-33,40-42,46,50,52,55,57-93H2,1-3H3,(H,105,106)(H,107,108)/b10-7-,11-8-,12-9-,19-16-,20-17-,21-18-,28-25-,29-26-,30-27-,37-34-,38-35-,39-36-,45-43-,47-44-,51-48-,54-49-,56-53-. The third-order valence-electron chi connectivity index (χ3n) is 18.5. The molecule has 0 amide bonds. The number of hydrogen-bond donors (Lipinski definition) is 4. The molecule has 5 unspecified atom stereocenters. The number of unbranched alkanes of at least 4 members (excludes halogenated alkanes) is 27. The van der Waals surface area contributed by atoms with E-state index in [2.05, 4.69) is 227 Å². The van der Waals surface area contributed by atoms with Gasteiger partial charge in [-0.2, -0.15) is 0 Å². The van der Waals surface area contributed by atoms with E-state index in [9.17, 15) is 43.5 Å². The number of phosphoric ester groups is 2. The zero-order valence-electron chi connectivity index (χ0n) is 73.0. The van der Waals surface area contributed by atoms with Crippen molar-refractivity contribution in [2.45, 2.75) is 360 Å². The first-order valence-corrected chi connectivity index (χ1v) is 48.4. The molecule has 0 aliphatic rings. The Bertz CT molecular complexity index is 2960. The molecule has 0 radical (unpaired) electrons. The van der Waals surface area contributed by atoms with Crippen molar-refractivity contribution in [2.75, 3.05) is 39.6 Å². The van der Waals surface area contributed by atoms with Gasteiger partial charge in [0.05, 0.1) is 26.4 Å². The Hall–Kier alpha value is -5.87. The van der Waals surface area contributed by atoms with E-state index >= 15 is 0 Å². The summed E-state index contributed by atoms with van der Waals surface area (Å²) in [4.78, 5) is 59.0. The van der Waals surface area contributed by atoms with Crippen molar-refractivity contribution < 1.29 is 75.8 Å². The smallest absolute Gasteiger partial charge is 0.463 e. The normalized spacial score (nSPS) is 14.8. The van der Waals surface area contributed by atoms with Gasteiger partial charge >= 0.3 is 33.6 Å². The highest BCUT2D eigenvalue weighted by molar-refractivity contribution is 7.47. The zero-order chi connectivity index (χ0) is 85.1. The first kappa shape index (κ1) is 111. The topological polar surface area (TPSA) is 231 Å². The first-order valence-electron chi connectivity index (χ1n) is 45.4. The number of esters is 3. The quantitative estimate of drug-likeness (QED) is 0.0146. The van der Waals surface area contributed by atoms with E-state index in [1.54, 1.807) is 0 Å². The van der Waals surface area contributed by atoms with Crippen molar-refractivity contribution >= 4 is 33.6 Å². The molecule has 0 aromatic heterocycles. The minimum absolute atomic E-state index is 0.0872. The van der Waals surface area contributed by atoms with E-state index in [1.807, 2.05) is 0 Å². The lowest BCUT2D eigenvalue weighted by atomic mass is 10.1. The van der Waals surface area contributed by atoms with Gasteiger partial charge in [0, 0.05) is 19.3 Å². The fourth-order valence-electron chi connectivity index (χ4n) is 11.7. The summed E-state index contributed by atoms with van der Waals surface area (Å²) in [7, 11) is -9.83. The van der Waals surface area contributed by atoms with Gasteiger partial charge in [0.15, 0.2) is 6.10 Å². The molecule has 664 valence electrons. The fourth-order valence-corrected chi connectivity index (χ4v) is 13.3. The van der Waals surface area contributed by atoms with Crippen LogP contribution in [0.4, 0.5) is 0 Å². The molecule has 0 aromatic rings. The third kappa shape index (κ3) is 90.7. The van der Waals surface area contributed by atoms with Crippen LogP contribution in [0.1, 0.15) is 342 Å². The van der Waals surface area contributed by atoms with E-state index in [4.69, 9.17) is 32.3 Å². The molecule has 0 saturated carbocycles. The van der Waals surface area contributed by atoms with Crippen molar-refractivity contribution in [1.29, 1.82) is 0 Å². The number of hydrogen-bond acceptors (Lipinski definition) is 14. The molecule has 4 N–H and O–H groups in total. The van der Waals surface area contributed by atoms with Crippen LogP contribution in [0.3, 0.4) is 0 Å². The monoisotopic (exact) mass is 1670 g/mol. The molecule has 0 heterocycles. The molecule has 0 spiro atoms. The van der Waals surface area contributed by atoms with Gasteiger partial charge in [0.1, 0.15) is 25.4 Å². The maximum atomic E-state index is 13.1. The number of carbonyl (C=O) groups excluding carboxylic acids is 3. The summed E-state index contributed by atoms with van der Waals surface area (Å²) >= 11 is 0. The molecule has 0 aliphatic carbocycles. The van der Waals surface area contributed by atoms with Gasteiger partial charge in [0.2, 0.25) is 0 Å². The molecule has 18 heteroatoms. The lowest BCUT2D eigenvalue weighted by Crippen LogP contribution is -2.30. The largest absolute Gasteiger partial charge is 0.472 e. The van der Waals surface area contributed by atoms with Gasteiger partial charge < -0.3 is 34.2 Å². The maximum absolute atomic E-state index is 13.1. The Morgan fingerprint density at radius 1 is 0.239 bits per heavy atom. The molecule has 0 aromatic carbocycles. The van der Waals surface area contributed by atoms with E-state index < -0.39 is 91.5 Å². The molecule has 117 heavy (non-hydrogen) atoms. The average molecular weight is 1670 g/mol. The molecular formula is C99H162O16P2. The highest BCUT2D eigenvalue weighted by Gasteiger charge is 2.29. The van der Waals surface area contributed by atoms with Gasteiger partial charge in [0.25, 0.3) is 0 Å². The lowest BCUT2D eigenvalue weighted by molar-refractivity contribution is -0.161. The summed E-state index contributed by atoms with van der Waals surface area (Å²) in [6, 6.07) is 0. The second kappa shape index (κ2) is 89.4. The molecule has 0 fully saturated rings. The molecule has 0 bridgehead atoms. The number of ether oxygens (including phenoxy) is 3. The molecule has 16 nitrogen and oxygen atoms in total. The van der Waals surface area contributed by atoms with Gasteiger partial charge in [-0.25, -0.2) is 9.13 Å². The molecular weight excluding hydrogens is 1510 g/mol. The van der Waals surface area contributed by atoms with Crippen molar-refractivity contribution in [1.82, 2.24) is 0 Å². The first-order chi connectivity index (χ1) is 57.2. The van der Waals surface area contributed by atoms with Crippen LogP contribution < -0.4 is 0 Å². The number of carbonyl (C=O) groups is 3. The van der Waals surface area contributed by atoms with Gasteiger partial charge in [-0.1, -0.05) is 362 Å².